The van der Waals surface area contributed by atoms with Crippen molar-refractivity contribution in [2.45, 2.75) is 104 Å². The summed E-state index contributed by atoms with van der Waals surface area (Å²) < 4.78 is 19.4. The van der Waals surface area contributed by atoms with Crippen molar-refractivity contribution in [3.63, 3.8) is 0 Å². The van der Waals surface area contributed by atoms with Crippen LogP contribution in [0.25, 0.3) is 196 Å². The number of furan rings is 3. The van der Waals surface area contributed by atoms with Crippen LogP contribution in [-0.4, -0.2) is 0 Å². The van der Waals surface area contributed by atoms with Gasteiger partial charge in [0.05, 0.1) is 17.1 Å². The van der Waals surface area contributed by atoms with E-state index in [1.165, 1.54) is 212 Å². The van der Waals surface area contributed by atoms with Gasteiger partial charge in [-0.2, -0.15) is 0 Å². The number of hydrogen-bond donors (Lipinski definition) is 0. The van der Waals surface area contributed by atoms with Gasteiger partial charge in [-0.15, -0.1) is 0 Å². The smallest absolute Gasteiger partial charge is 0.143 e. The second-order valence-electron chi connectivity index (χ2n) is 39.9. The van der Waals surface area contributed by atoms with Crippen LogP contribution in [0.5, 0.6) is 0 Å². The molecule has 29 rings (SSSR count). The molecule has 0 amide bonds. The fraction of sp³-hybridized carbons (Fsp3) is 0.118. The molecule has 0 atom stereocenters. The highest BCUT2D eigenvalue weighted by molar-refractivity contribution is 6.30. The Morgan fingerprint density at radius 1 is 0.197 bits per heavy atom. The van der Waals surface area contributed by atoms with Gasteiger partial charge in [0.15, 0.2) is 0 Å². The minimum absolute atomic E-state index is 0.564. The van der Waals surface area contributed by atoms with E-state index >= 15 is 0 Å². The molecule has 2 fully saturated rings. The lowest BCUT2D eigenvalue weighted by molar-refractivity contribution is 0.445. The molecule has 142 heavy (non-hydrogen) atoms. The zero-order chi connectivity index (χ0) is 94.3. The number of hydrogen-bond acceptors (Lipinski definition) is 6. The molecule has 3 heterocycles. The van der Waals surface area contributed by atoms with Crippen LogP contribution in [0.1, 0.15) is 109 Å². The number of para-hydroxylation sites is 8. The molecule has 27 aromatic rings. The zero-order valence-electron chi connectivity index (χ0n) is 80.1. The molecular formula is C136H103N3O3. The topological polar surface area (TPSA) is 49.1 Å². The predicted octanol–water partition coefficient (Wildman–Crippen LogP) is 40.2. The maximum Gasteiger partial charge on any atom is 0.143 e. The molecule has 0 bridgehead atoms. The van der Waals surface area contributed by atoms with Gasteiger partial charge in [0.1, 0.15) is 33.5 Å². The molecule has 3 aromatic heterocycles. The number of rotatable bonds is 14. The van der Waals surface area contributed by atoms with Gasteiger partial charge in [-0.3, -0.25) is 0 Å². The first-order chi connectivity index (χ1) is 70.1. The summed E-state index contributed by atoms with van der Waals surface area (Å²) in [4.78, 5) is 7.37. The van der Waals surface area contributed by atoms with Crippen LogP contribution in [0.2, 0.25) is 0 Å². The fourth-order valence-electron chi connectivity index (χ4n) is 24.8. The Bertz CT molecular complexity index is 9570. The molecule has 0 N–H and O–H groups in total. The quantitative estimate of drug-likeness (QED) is 0.101. The number of anilines is 9. The summed E-state index contributed by atoms with van der Waals surface area (Å²) in [6.45, 7) is 8.81. The highest BCUT2D eigenvalue weighted by Gasteiger charge is 2.31. The predicted molar refractivity (Wildman–Crippen MR) is 603 cm³/mol. The van der Waals surface area contributed by atoms with E-state index in [1.807, 2.05) is 24.3 Å². The van der Waals surface area contributed by atoms with Crippen molar-refractivity contribution < 1.29 is 13.3 Å². The van der Waals surface area contributed by atoms with Gasteiger partial charge in [0.2, 0.25) is 0 Å². The summed E-state index contributed by atoms with van der Waals surface area (Å²) in [6, 6.07) is 153. The number of nitrogens with zero attached hydrogens (tertiary/aromatic N) is 3. The average Bonchev–Trinajstić information content (AvgIpc) is 1.14. The van der Waals surface area contributed by atoms with Gasteiger partial charge in [-0.25, -0.2) is 0 Å². The van der Waals surface area contributed by atoms with Crippen molar-refractivity contribution in [2.24, 2.45) is 0 Å². The summed E-state index contributed by atoms with van der Waals surface area (Å²) in [5, 5.41) is 31.0. The minimum Gasteiger partial charge on any atom is -0.455 e. The largest absolute Gasteiger partial charge is 0.455 e. The van der Waals surface area contributed by atoms with Gasteiger partial charge in [0.25, 0.3) is 0 Å². The van der Waals surface area contributed by atoms with E-state index in [1.54, 1.807) is 5.56 Å². The van der Waals surface area contributed by atoms with E-state index in [-0.39, 0.29) is 0 Å². The van der Waals surface area contributed by atoms with Crippen LogP contribution in [0.4, 0.5) is 51.2 Å². The zero-order valence-corrected chi connectivity index (χ0v) is 80.1. The molecule has 0 spiro atoms. The van der Waals surface area contributed by atoms with Gasteiger partial charge >= 0.3 is 0 Å². The Kier molecular flexibility index (Phi) is 20.6. The second-order valence-corrected chi connectivity index (χ2v) is 39.9. The lowest BCUT2D eigenvalue weighted by atomic mass is 9.78. The van der Waals surface area contributed by atoms with Gasteiger partial charge in [-0.05, 0) is 305 Å². The summed E-state index contributed by atoms with van der Waals surface area (Å²) >= 11 is 0. The Labute approximate surface area is 825 Å². The molecule has 2 aliphatic carbocycles. The molecule has 0 radical (unpaired) electrons. The normalized spacial score (nSPS) is 13.4. The van der Waals surface area contributed by atoms with E-state index in [0.717, 1.165) is 128 Å². The molecule has 0 aliphatic heterocycles. The Morgan fingerprint density at radius 2 is 0.535 bits per heavy atom. The molecular weight excluding hydrogens is 1720 g/mol. The molecule has 2 saturated carbocycles. The fourth-order valence-corrected chi connectivity index (χ4v) is 24.8. The van der Waals surface area contributed by atoms with Crippen molar-refractivity contribution in [1.82, 2.24) is 0 Å². The van der Waals surface area contributed by atoms with Gasteiger partial charge in [-0.1, -0.05) is 348 Å². The van der Waals surface area contributed by atoms with Crippen molar-refractivity contribution in [1.29, 1.82) is 0 Å². The first-order valence-electron chi connectivity index (χ1n) is 50.8. The van der Waals surface area contributed by atoms with Crippen LogP contribution in [0.15, 0.2) is 432 Å². The highest BCUT2D eigenvalue weighted by Crippen LogP contribution is 2.55. The number of benzene rings is 24. The second kappa shape index (κ2) is 34.7. The van der Waals surface area contributed by atoms with Crippen molar-refractivity contribution in [3.05, 3.63) is 452 Å². The van der Waals surface area contributed by atoms with E-state index < -0.39 is 0 Å². The molecule has 6 heteroatoms. The molecule has 0 unspecified atom stereocenters. The molecule has 2 aliphatic rings. The van der Waals surface area contributed by atoms with E-state index in [4.69, 9.17) is 13.3 Å². The first-order valence-corrected chi connectivity index (χ1v) is 50.8. The minimum atomic E-state index is 0.564. The number of aryl methyl sites for hydroxylation is 4. The molecule has 680 valence electrons. The van der Waals surface area contributed by atoms with Crippen molar-refractivity contribution >= 4 is 214 Å². The summed E-state index contributed by atoms with van der Waals surface area (Å²) in [5.74, 6) is 1.22. The van der Waals surface area contributed by atoms with Crippen LogP contribution in [0, 0.1) is 27.7 Å². The standard InChI is InChI=1S/C52H45NO.2C42H29NO/c1-4-14-34(15-5-1)40-28-26-36-27-29-44-47(35-16-6-2-7-17-35)33-48(46-31-30-43(40)50(36)51(44)46)53(38-19-8-3-9-20-38)39-21-12-18-37(32-39)41-23-13-24-45-42-22-10-11-25-49(42)54-52(41)45;1-26-22-27(2)24-33(23-26)43(38-21-19-30-17-16-28-8-5-9-29-18-20-37(38)41(30)40(28)29)32-11-6-10-31(25-32)34-13-7-14-36-35-12-3-4-15-39(35)44-42(34)36;1-26-18-19-28-20-21-33-27(2)24-38(37-23-22-32(26)40(28)41(33)37)43(30-11-4-3-5-12-30)31-13-8-10-29(25-31)34-15-9-16-36-35-14-6-7-17-39(35)44-42(34)36/h3,8-13,18-35H,1-2,4-7,14-17H2;2*3-25H,1-2H3. The van der Waals surface area contributed by atoms with Crippen LogP contribution >= 0.6 is 0 Å². The maximum absolute atomic E-state index is 6.55. The maximum atomic E-state index is 6.55. The van der Waals surface area contributed by atoms with Gasteiger partial charge in [0, 0.05) is 99.3 Å². The Balaban J connectivity index is 0.000000107. The first kappa shape index (κ1) is 84.5. The molecule has 0 saturated heterocycles. The monoisotopic (exact) mass is 1830 g/mol. The Hall–Kier alpha value is -16.8. The lowest BCUT2D eigenvalue weighted by Crippen LogP contribution is -2.13. The summed E-state index contributed by atoms with van der Waals surface area (Å²) in [7, 11) is 0. The van der Waals surface area contributed by atoms with E-state index in [0.29, 0.717) is 11.8 Å². The third kappa shape index (κ3) is 14.3. The van der Waals surface area contributed by atoms with E-state index in [2.05, 4.69) is 437 Å². The highest BCUT2D eigenvalue weighted by atomic mass is 16.3. The Morgan fingerprint density at radius 3 is 1.05 bits per heavy atom. The third-order valence-corrected chi connectivity index (χ3v) is 31.3. The van der Waals surface area contributed by atoms with Crippen molar-refractivity contribution in [3.8, 4) is 33.4 Å². The average molecular weight is 1830 g/mol. The van der Waals surface area contributed by atoms with Crippen molar-refractivity contribution in [2.75, 3.05) is 14.7 Å². The summed E-state index contributed by atoms with van der Waals surface area (Å²) in [5.41, 5.74) is 30.8. The molecule has 24 aromatic carbocycles. The molecule has 6 nitrogen and oxygen atoms in total. The van der Waals surface area contributed by atoms with Crippen LogP contribution in [-0.2, 0) is 0 Å². The van der Waals surface area contributed by atoms with E-state index in [9.17, 15) is 0 Å². The summed E-state index contributed by atoms with van der Waals surface area (Å²) in [6.07, 6.45) is 13.2. The lowest BCUT2D eigenvalue weighted by Gasteiger charge is -2.31. The van der Waals surface area contributed by atoms with Crippen LogP contribution in [0.3, 0.4) is 0 Å². The SMILES string of the molecule is Cc1cc(C)cc(N(c2cccc(-c3cccc4c3oc3ccccc34)c2)c2ccc3ccc4cccc5ccc2c3c45)c1.Cc1ccc2ccc3c(C)cc(N(c4ccccc4)c4cccc(-c5cccc6c5oc5ccccc56)c4)c4ccc1c2c34.c1ccc(N(c2cccc(-c3cccc4c3oc3ccccc34)c2)c2cc(C3CCCCC3)c3ccc4ccc(C5CCCCC5)c5ccc2c3c45)cc1. The van der Waals surface area contributed by atoms with Gasteiger partial charge < -0.3 is 28.0 Å². The number of fused-ring (bicyclic) bond motifs is 9. The third-order valence-electron chi connectivity index (χ3n) is 31.3. The van der Waals surface area contributed by atoms with Crippen LogP contribution < -0.4 is 14.7 Å².